The van der Waals surface area contributed by atoms with Crippen LogP contribution in [-0.4, -0.2) is 25.0 Å². The highest BCUT2D eigenvalue weighted by molar-refractivity contribution is 5.37. The van der Waals surface area contributed by atoms with E-state index in [1.54, 1.807) is 4.52 Å². The molecule has 2 heterocycles. The molecule has 0 saturated carbocycles. The zero-order valence-electron chi connectivity index (χ0n) is 7.36. The van der Waals surface area contributed by atoms with E-state index in [1.807, 2.05) is 6.92 Å². The fraction of sp³-hybridized carbons (Fsp3) is 0.500. The van der Waals surface area contributed by atoms with Crippen molar-refractivity contribution in [2.75, 3.05) is 0 Å². The molecule has 0 saturated heterocycles. The van der Waals surface area contributed by atoms with Crippen molar-refractivity contribution in [3.05, 3.63) is 17.0 Å². The summed E-state index contributed by atoms with van der Waals surface area (Å²) in [4.78, 5) is 4.33. The zero-order valence-corrected chi connectivity index (χ0v) is 7.36. The minimum absolute atomic E-state index is 0.623. The van der Waals surface area contributed by atoms with E-state index in [4.69, 9.17) is 0 Å². The molecule has 2 aromatic heterocycles. The van der Waals surface area contributed by atoms with Gasteiger partial charge in [-0.1, -0.05) is 5.10 Å². The molecular formula is C8H9N5. The van der Waals surface area contributed by atoms with E-state index in [2.05, 4.69) is 20.5 Å². The molecule has 0 aromatic carbocycles. The number of nitrogens with zero attached hydrogens (tertiary/aromatic N) is 5. The van der Waals surface area contributed by atoms with Gasteiger partial charge in [-0.3, -0.25) is 0 Å². The van der Waals surface area contributed by atoms with Gasteiger partial charge in [-0.05, 0) is 42.2 Å². The van der Waals surface area contributed by atoms with Gasteiger partial charge >= 0.3 is 0 Å². The average molecular weight is 175 g/mol. The minimum Gasteiger partial charge on any atom is -0.215 e. The second-order valence-electron chi connectivity index (χ2n) is 3.37. The minimum atomic E-state index is 0.623. The van der Waals surface area contributed by atoms with Crippen LogP contribution in [0.15, 0.2) is 0 Å². The Balaban J connectivity index is 2.48. The Morgan fingerprint density at radius 3 is 3.15 bits per heavy atom. The lowest BCUT2D eigenvalue weighted by Crippen LogP contribution is -2.03. The first-order valence-electron chi connectivity index (χ1n) is 4.43. The summed E-state index contributed by atoms with van der Waals surface area (Å²) in [5.74, 6) is 0.623. The molecule has 0 N–H and O–H groups in total. The highest BCUT2D eigenvalue weighted by Gasteiger charge is 2.19. The van der Waals surface area contributed by atoms with Crippen molar-refractivity contribution in [1.29, 1.82) is 0 Å². The van der Waals surface area contributed by atoms with Crippen LogP contribution >= 0.6 is 0 Å². The molecule has 0 fully saturated rings. The number of tetrazole rings is 1. The van der Waals surface area contributed by atoms with E-state index < -0.39 is 0 Å². The summed E-state index contributed by atoms with van der Waals surface area (Å²) in [6, 6.07) is 0. The number of rotatable bonds is 0. The van der Waals surface area contributed by atoms with Crippen LogP contribution in [0.1, 0.15) is 23.4 Å². The van der Waals surface area contributed by atoms with E-state index >= 15 is 0 Å². The first-order valence-corrected chi connectivity index (χ1v) is 4.43. The molecule has 0 spiro atoms. The van der Waals surface area contributed by atoms with Crippen molar-refractivity contribution in [1.82, 2.24) is 25.0 Å². The Hall–Kier alpha value is -1.52. The van der Waals surface area contributed by atoms with E-state index in [0.29, 0.717) is 5.78 Å². The van der Waals surface area contributed by atoms with Crippen LogP contribution in [0.2, 0.25) is 0 Å². The van der Waals surface area contributed by atoms with Crippen LogP contribution in [0.5, 0.6) is 0 Å². The van der Waals surface area contributed by atoms with Gasteiger partial charge in [-0.25, -0.2) is 4.98 Å². The molecule has 0 amide bonds. The lowest BCUT2D eigenvalue weighted by atomic mass is 10.2. The van der Waals surface area contributed by atoms with Gasteiger partial charge in [0.25, 0.3) is 5.78 Å². The predicted octanol–water partition coefficient (Wildman–Crippen LogP) is 0.316. The Bertz CT molecular complexity index is 473. The largest absolute Gasteiger partial charge is 0.273 e. The fourth-order valence-corrected chi connectivity index (χ4v) is 2.00. The molecule has 13 heavy (non-hydrogen) atoms. The van der Waals surface area contributed by atoms with Gasteiger partial charge in [0.05, 0.1) is 5.69 Å². The summed E-state index contributed by atoms with van der Waals surface area (Å²) in [6.45, 7) is 2.03. The molecule has 1 aliphatic carbocycles. The molecule has 66 valence electrons. The molecule has 0 radical (unpaired) electrons. The fourth-order valence-electron chi connectivity index (χ4n) is 2.00. The van der Waals surface area contributed by atoms with Gasteiger partial charge in [0.1, 0.15) is 0 Å². The quantitative estimate of drug-likeness (QED) is 0.578. The number of hydrogen-bond donors (Lipinski definition) is 0. The summed E-state index contributed by atoms with van der Waals surface area (Å²) >= 11 is 0. The van der Waals surface area contributed by atoms with E-state index in [1.165, 1.54) is 17.7 Å². The molecule has 0 unspecified atom stereocenters. The van der Waals surface area contributed by atoms with Crippen LogP contribution < -0.4 is 0 Å². The molecule has 5 heteroatoms. The molecule has 0 atom stereocenters. The highest BCUT2D eigenvalue weighted by atomic mass is 15.5. The molecule has 5 nitrogen and oxygen atoms in total. The van der Waals surface area contributed by atoms with Crippen molar-refractivity contribution in [2.24, 2.45) is 0 Å². The maximum Gasteiger partial charge on any atom is 0.273 e. The van der Waals surface area contributed by atoms with Crippen molar-refractivity contribution in [3.8, 4) is 0 Å². The average Bonchev–Trinajstić information content (AvgIpc) is 2.66. The van der Waals surface area contributed by atoms with Crippen LogP contribution in [0, 0.1) is 6.92 Å². The Labute approximate surface area is 74.8 Å². The monoisotopic (exact) mass is 175 g/mol. The molecule has 0 aliphatic heterocycles. The summed E-state index contributed by atoms with van der Waals surface area (Å²) < 4.78 is 1.76. The molecule has 1 aliphatic rings. The zero-order chi connectivity index (χ0) is 8.84. The molecular weight excluding hydrogens is 166 g/mol. The second-order valence-corrected chi connectivity index (χ2v) is 3.37. The van der Waals surface area contributed by atoms with Crippen LogP contribution in [0.4, 0.5) is 0 Å². The third-order valence-electron chi connectivity index (χ3n) is 2.60. The lowest BCUT2D eigenvalue weighted by Gasteiger charge is -2.02. The summed E-state index contributed by atoms with van der Waals surface area (Å²) in [7, 11) is 0. The Morgan fingerprint density at radius 1 is 1.31 bits per heavy atom. The van der Waals surface area contributed by atoms with Crippen molar-refractivity contribution >= 4 is 5.78 Å². The number of fused-ring (bicyclic) bond motifs is 3. The van der Waals surface area contributed by atoms with Gasteiger partial charge in [-0.15, -0.1) is 0 Å². The summed E-state index contributed by atoms with van der Waals surface area (Å²) in [6.07, 6.45) is 3.38. The van der Waals surface area contributed by atoms with E-state index in [9.17, 15) is 0 Å². The molecule has 2 aromatic rings. The first-order chi connectivity index (χ1) is 6.36. The standard InChI is InChI=1S/C8H9N5/c1-5-6-3-2-4-7(6)13-8(9-5)10-11-12-13/h2-4H2,1H3. The smallest absolute Gasteiger partial charge is 0.215 e. The van der Waals surface area contributed by atoms with Gasteiger partial charge < -0.3 is 0 Å². The van der Waals surface area contributed by atoms with Gasteiger partial charge in [0.2, 0.25) is 0 Å². The van der Waals surface area contributed by atoms with Crippen LogP contribution in [-0.2, 0) is 12.8 Å². The summed E-state index contributed by atoms with van der Waals surface area (Å²) in [5, 5.41) is 11.4. The normalized spacial score (nSPS) is 15.2. The van der Waals surface area contributed by atoms with Crippen LogP contribution in [0.3, 0.4) is 0 Å². The number of aryl methyl sites for hydroxylation is 2. The maximum atomic E-state index is 4.33. The van der Waals surface area contributed by atoms with Gasteiger partial charge in [-0.2, -0.15) is 4.52 Å². The van der Waals surface area contributed by atoms with Gasteiger partial charge in [0.15, 0.2) is 0 Å². The second kappa shape index (κ2) is 2.25. The highest BCUT2D eigenvalue weighted by Crippen LogP contribution is 2.23. The summed E-state index contributed by atoms with van der Waals surface area (Å²) in [5.41, 5.74) is 3.65. The van der Waals surface area contributed by atoms with Crippen molar-refractivity contribution in [2.45, 2.75) is 26.2 Å². The molecule has 3 rings (SSSR count). The lowest BCUT2D eigenvalue weighted by molar-refractivity contribution is 0.775. The number of hydrogen-bond acceptors (Lipinski definition) is 4. The Kier molecular flexibility index (Phi) is 1.20. The maximum absolute atomic E-state index is 4.33. The Morgan fingerprint density at radius 2 is 2.23 bits per heavy atom. The third-order valence-corrected chi connectivity index (χ3v) is 2.60. The first kappa shape index (κ1) is 6.94. The molecule has 0 bridgehead atoms. The van der Waals surface area contributed by atoms with Crippen molar-refractivity contribution < 1.29 is 0 Å². The van der Waals surface area contributed by atoms with E-state index in [0.717, 1.165) is 18.5 Å². The third kappa shape index (κ3) is 0.811. The predicted molar refractivity (Wildman–Crippen MR) is 45.3 cm³/mol. The van der Waals surface area contributed by atoms with Gasteiger partial charge in [0, 0.05) is 5.69 Å². The topological polar surface area (TPSA) is 56.0 Å². The van der Waals surface area contributed by atoms with Crippen LogP contribution in [0.25, 0.3) is 5.78 Å². The number of aromatic nitrogens is 5. The van der Waals surface area contributed by atoms with Crippen molar-refractivity contribution in [3.63, 3.8) is 0 Å². The van der Waals surface area contributed by atoms with E-state index in [-0.39, 0.29) is 0 Å². The SMILES string of the molecule is Cc1nc2nnnn2c2c1CCC2.